The first-order valence-electron chi connectivity index (χ1n) is 4.23. The first kappa shape index (κ1) is 10.1. The average molecular weight is 185 g/mol. The largest absolute Gasteiger partial charge is 0.325 e. The lowest BCUT2D eigenvalue weighted by molar-refractivity contribution is 0.304. The van der Waals surface area contributed by atoms with Crippen LogP contribution in [0.3, 0.4) is 0 Å². The van der Waals surface area contributed by atoms with E-state index in [2.05, 4.69) is 0 Å². The maximum absolute atomic E-state index is 12.7. The predicted molar refractivity (Wildman–Crippen MR) is 48.6 cm³/mol. The van der Waals surface area contributed by atoms with E-state index in [1.165, 1.54) is 19.1 Å². The average Bonchev–Trinajstić information content (AvgIpc) is 2.08. The maximum atomic E-state index is 12.7. The third kappa shape index (κ3) is 3.11. The Labute approximate surface area is 76.6 Å². The highest BCUT2D eigenvalue weighted by Crippen LogP contribution is 2.07. The normalized spacial score (nSPS) is 15.4. The van der Waals surface area contributed by atoms with Gasteiger partial charge in [-0.3, -0.25) is 0 Å². The fraction of sp³-hybridized carbons (Fsp3) is 0.400. The molecule has 0 saturated heterocycles. The zero-order chi connectivity index (χ0) is 9.84. The molecule has 2 atom stereocenters. The van der Waals surface area contributed by atoms with Crippen LogP contribution >= 0.6 is 0 Å². The van der Waals surface area contributed by atoms with Gasteiger partial charge in [0.25, 0.3) is 0 Å². The molecule has 0 heterocycles. The molecule has 3 heteroatoms. The summed E-state index contributed by atoms with van der Waals surface area (Å²) in [5.74, 6) is -0.286. The van der Waals surface area contributed by atoms with Crippen LogP contribution in [0, 0.1) is 5.82 Å². The van der Waals surface area contributed by atoms with Crippen LogP contribution in [0.1, 0.15) is 12.5 Å². The van der Waals surface area contributed by atoms with Crippen LogP contribution < -0.4 is 5.73 Å². The molecular weight excluding hydrogens is 172 g/mol. The highest BCUT2D eigenvalue weighted by atomic mass is 19.1. The predicted octanol–water partition coefficient (Wildman–Crippen LogP) is 2.05. The van der Waals surface area contributed by atoms with E-state index < -0.39 is 12.2 Å². The first-order chi connectivity index (χ1) is 6.09. The highest BCUT2D eigenvalue weighted by molar-refractivity contribution is 5.17. The topological polar surface area (TPSA) is 26.0 Å². The maximum Gasteiger partial charge on any atom is 0.123 e. The number of benzene rings is 1. The number of nitrogens with two attached hydrogens (primary N) is 1. The van der Waals surface area contributed by atoms with Crippen LogP contribution in [0.25, 0.3) is 0 Å². The standard InChI is InChI=1S/C10H13F2N/c1-7(11)10(13)6-8-2-4-9(12)5-3-8/h2-5,7,10H,6,13H2,1H3. The quantitative estimate of drug-likeness (QED) is 0.766. The Kier molecular flexibility index (Phi) is 3.37. The summed E-state index contributed by atoms with van der Waals surface area (Å²) in [5.41, 5.74) is 6.38. The lowest BCUT2D eigenvalue weighted by Gasteiger charge is -2.12. The molecule has 1 rings (SSSR count). The lowest BCUT2D eigenvalue weighted by atomic mass is 10.0. The summed E-state index contributed by atoms with van der Waals surface area (Å²) < 4.78 is 25.1. The lowest BCUT2D eigenvalue weighted by Crippen LogP contribution is -2.31. The second-order valence-corrected chi connectivity index (χ2v) is 3.17. The van der Waals surface area contributed by atoms with Gasteiger partial charge in [-0.05, 0) is 31.0 Å². The van der Waals surface area contributed by atoms with Crippen molar-refractivity contribution in [3.63, 3.8) is 0 Å². The van der Waals surface area contributed by atoms with Crippen molar-refractivity contribution in [2.24, 2.45) is 5.73 Å². The van der Waals surface area contributed by atoms with E-state index in [0.717, 1.165) is 5.56 Å². The summed E-state index contributed by atoms with van der Waals surface area (Å²) in [6.45, 7) is 1.42. The second kappa shape index (κ2) is 4.33. The van der Waals surface area contributed by atoms with Gasteiger partial charge in [0, 0.05) is 6.04 Å². The van der Waals surface area contributed by atoms with Gasteiger partial charge in [-0.25, -0.2) is 8.78 Å². The Bertz CT molecular complexity index is 256. The smallest absolute Gasteiger partial charge is 0.123 e. The summed E-state index contributed by atoms with van der Waals surface area (Å²) >= 11 is 0. The zero-order valence-corrected chi connectivity index (χ0v) is 7.50. The van der Waals surface area contributed by atoms with Crippen molar-refractivity contribution in [2.75, 3.05) is 0 Å². The molecule has 0 saturated carbocycles. The molecule has 0 spiro atoms. The Morgan fingerprint density at radius 3 is 2.31 bits per heavy atom. The van der Waals surface area contributed by atoms with E-state index in [1.807, 2.05) is 0 Å². The number of hydrogen-bond donors (Lipinski definition) is 1. The van der Waals surface area contributed by atoms with Gasteiger partial charge in [-0.1, -0.05) is 12.1 Å². The molecule has 0 aromatic heterocycles. The second-order valence-electron chi connectivity index (χ2n) is 3.17. The molecule has 2 N–H and O–H groups in total. The van der Waals surface area contributed by atoms with Gasteiger partial charge < -0.3 is 5.73 Å². The molecule has 0 aliphatic carbocycles. The van der Waals surface area contributed by atoms with E-state index in [9.17, 15) is 8.78 Å². The van der Waals surface area contributed by atoms with Gasteiger partial charge in [-0.2, -0.15) is 0 Å². The van der Waals surface area contributed by atoms with Gasteiger partial charge in [-0.15, -0.1) is 0 Å². The molecule has 2 unspecified atom stereocenters. The fourth-order valence-corrected chi connectivity index (χ4v) is 1.06. The Morgan fingerprint density at radius 2 is 1.85 bits per heavy atom. The zero-order valence-electron chi connectivity index (χ0n) is 7.50. The SMILES string of the molecule is CC(F)C(N)Cc1ccc(F)cc1. The van der Waals surface area contributed by atoms with Crippen molar-refractivity contribution in [3.8, 4) is 0 Å². The van der Waals surface area contributed by atoms with Crippen LogP contribution in [0.5, 0.6) is 0 Å². The molecule has 1 aromatic rings. The van der Waals surface area contributed by atoms with Gasteiger partial charge in [0.1, 0.15) is 12.0 Å². The van der Waals surface area contributed by atoms with Gasteiger partial charge in [0.05, 0.1) is 0 Å². The van der Waals surface area contributed by atoms with Crippen molar-refractivity contribution >= 4 is 0 Å². The Balaban J connectivity index is 2.59. The molecule has 0 radical (unpaired) electrons. The molecule has 1 nitrogen and oxygen atoms in total. The van der Waals surface area contributed by atoms with Gasteiger partial charge in [0.15, 0.2) is 0 Å². The van der Waals surface area contributed by atoms with Crippen LogP contribution in [0.15, 0.2) is 24.3 Å². The minimum atomic E-state index is -1.04. The number of halogens is 2. The molecule has 0 amide bonds. The van der Waals surface area contributed by atoms with E-state index in [1.54, 1.807) is 12.1 Å². The van der Waals surface area contributed by atoms with Crippen molar-refractivity contribution < 1.29 is 8.78 Å². The molecule has 0 bridgehead atoms. The number of hydrogen-bond acceptors (Lipinski definition) is 1. The number of alkyl halides is 1. The van der Waals surface area contributed by atoms with Crippen molar-refractivity contribution in [1.29, 1.82) is 0 Å². The summed E-state index contributed by atoms with van der Waals surface area (Å²) in [7, 11) is 0. The first-order valence-corrected chi connectivity index (χ1v) is 4.23. The van der Waals surface area contributed by atoms with Crippen LogP contribution in [-0.4, -0.2) is 12.2 Å². The molecular formula is C10H13F2N. The van der Waals surface area contributed by atoms with Crippen molar-refractivity contribution in [3.05, 3.63) is 35.6 Å². The Hall–Kier alpha value is -0.960. The van der Waals surface area contributed by atoms with E-state index in [0.29, 0.717) is 6.42 Å². The Morgan fingerprint density at radius 1 is 1.31 bits per heavy atom. The molecule has 1 aromatic carbocycles. The highest BCUT2D eigenvalue weighted by Gasteiger charge is 2.11. The third-order valence-corrected chi connectivity index (χ3v) is 1.97. The summed E-state index contributed by atoms with van der Waals surface area (Å²) in [6.07, 6.45) is -0.595. The monoisotopic (exact) mass is 185 g/mol. The minimum absolute atomic E-state index is 0.286. The third-order valence-electron chi connectivity index (χ3n) is 1.97. The van der Waals surface area contributed by atoms with Gasteiger partial charge >= 0.3 is 0 Å². The van der Waals surface area contributed by atoms with E-state index in [4.69, 9.17) is 5.73 Å². The van der Waals surface area contributed by atoms with Crippen LogP contribution in [0.4, 0.5) is 8.78 Å². The molecule has 72 valence electrons. The van der Waals surface area contributed by atoms with Crippen molar-refractivity contribution in [2.45, 2.75) is 25.6 Å². The molecule has 0 fully saturated rings. The summed E-state index contributed by atoms with van der Waals surface area (Å²) in [5, 5.41) is 0. The van der Waals surface area contributed by atoms with E-state index >= 15 is 0 Å². The van der Waals surface area contributed by atoms with E-state index in [-0.39, 0.29) is 5.82 Å². The van der Waals surface area contributed by atoms with Gasteiger partial charge in [0.2, 0.25) is 0 Å². The van der Waals surface area contributed by atoms with Crippen LogP contribution in [0.2, 0.25) is 0 Å². The van der Waals surface area contributed by atoms with Crippen LogP contribution in [-0.2, 0) is 6.42 Å². The minimum Gasteiger partial charge on any atom is -0.325 e. The van der Waals surface area contributed by atoms with Crippen molar-refractivity contribution in [1.82, 2.24) is 0 Å². The molecule has 0 aliphatic rings. The summed E-state index contributed by atoms with van der Waals surface area (Å²) in [6, 6.07) is 5.44. The fourth-order valence-electron chi connectivity index (χ4n) is 1.06. The number of rotatable bonds is 3. The molecule has 0 aliphatic heterocycles. The molecule has 13 heavy (non-hydrogen) atoms. The summed E-state index contributed by atoms with van der Waals surface area (Å²) in [4.78, 5) is 0.